The third kappa shape index (κ3) is 2.33. The molecule has 1 fully saturated rings. The highest BCUT2D eigenvalue weighted by Crippen LogP contribution is 2.23. The highest BCUT2D eigenvalue weighted by Gasteiger charge is 2.30. The first-order valence-electron chi connectivity index (χ1n) is 3.31. The van der Waals surface area contributed by atoms with Gasteiger partial charge in [0.05, 0.1) is 18.3 Å². The van der Waals surface area contributed by atoms with Crippen molar-refractivity contribution in [2.45, 2.75) is 32.0 Å². The fraction of sp³-hybridized carbons (Fsp3) is 1.00. The topological polar surface area (TPSA) is 21.8 Å². The van der Waals surface area contributed by atoms with Gasteiger partial charge in [-0.2, -0.15) is 0 Å². The van der Waals surface area contributed by atoms with Gasteiger partial charge in [0.15, 0.2) is 0 Å². The molecule has 1 atom stereocenters. The zero-order valence-corrected chi connectivity index (χ0v) is 6.31. The summed E-state index contributed by atoms with van der Waals surface area (Å²) in [7, 11) is 1.74. The summed E-state index contributed by atoms with van der Waals surface area (Å²) < 4.78 is 10.3. The van der Waals surface area contributed by atoms with E-state index in [4.69, 9.17) is 9.47 Å². The van der Waals surface area contributed by atoms with Gasteiger partial charge in [0.1, 0.15) is 0 Å². The molecule has 0 aromatic carbocycles. The maximum Gasteiger partial charge on any atom is 0.0837 e. The molecule has 1 aliphatic rings. The first-order chi connectivity index (χ1) is 4.14. The van der Waals surface area contributed by atoms with Crippen LogP contribution in [-0.4, -0.2) is 25.4 Å². The number of hydrogen-bond acceptors (Lipinski definition) is 2. The van der Waals surface area contributed by atoms with E-state index in [0.29, 0.717) is 6.10 Å². The van der Waals surface area contributed by atoms with Crippen molar-refractivity contribution < 1.29 is 9.47 Å². The Hall–Kier alpha value is -0.0800. The Morgan fingerprint density at radius 2 is 2.22 bits per heavy atom. The maximum atomic E-state index is 5.21. The predicted molar refractivity (Wildman–Crippen MR) is 35.4 cm³/mol. The lowest BCUT2D eigenvalue weighted by molar-refractivity contribution is 0.00970. The van der Waals surface area contributed by atoms with Crippen molar-refractivity contribution in [1.82, 2.24) is 0 Å². The Balaban J connectivity index is 2.21. The van der Waals surface area contributed by atoms with Gasteiger partial charge in [-0.25, -0.2) is 0 Å². The molecular formula is C7H14O2. The molecule has 0 N–H and O–H groups in total. The van der Waals surface area contributed by atoms with Crippen LogP contribution in [0.1, 0.15) is 20.3 Å². The number of ether oxygens (including phenoxy) is 2. The molecule has 0 unspecified atom stereocenters. The van der Waals surface area contributed by atoms with Gasteiger partial charge in [-0.05, 0) is 13.8 Å². The number of methoxy groups -OCH3 is 1. The second-order valence-electron chi connectivity index (χ2n) is 3.12. The van der Waals surface area contributed by atoms with Gasteiger partial charge in [0.2, 0.25) is 0 Å². The van der Waals surface area contributed by atoms with Gasteiger partial charge in [0, 0.05) is 13.5 Å². The van der Waals surface area contributed by atoms with E-state index in [2.05, 4.69) is 13.8 Å². The van der Waals surface area contributed by atoms with Crippen molar-refractivity contribution in [3.63, 3.8) is 0 Å². The molecule has 0 aromatic heterocycles. The molecular weight excluding hydrogens is 116 g/mol. The maximum absolute atomic E-state index is 5.21. The molecule has 0 amide bonds. The first kappa shape index (κ1) is 7.03. The highest BCUT2D eigenvalue weighted by molar-refractivity contribution is 4.79. The van der Waals surface area contributed by atoms with Gasteiger partial charge in [-0.15, -0.1) is 0 Å². The third-order valence-corrected chi connectivity index (χ3v) is 1.67. The second kappa shape index (κ2) is 2.27. The molecule has 0 spiro atoms. The van der Waals surface area contributed by atoms with Gasteiger partial charge in [-0.3, -0.25) is 0 Å². The predicted octanol–water partition coefficient (Wildman–Crippen LogP) is 1.20. The lowest BCUT2D eigenvalue weighted by Crippen LogP contribution is -2.24. The zero-order valence-electron chi connectivity index (χ0n) is 6.31. The van der Waals surface area contributed by atoms with Crippen LogP contribution in [0.25, 0.3) is 0 Å². The summed E-state index contributed by atoms with van der Waals surface area (Å²) in [4.78, 5) is 0. The molecule has 1 heterocycles. The van der Waals surface area contributed by atoms with E-state index in [9.17, 15) is 0 Å². The molecule has 1 aliphatic heterocycles. The number of rotatable bonds is 3. The Morgan fingerprint density at radius 3 is 2.56 bits per heavy atom. The minimum absolute atomic E-state index is 0.00116. The van der Waals surface area contributed by atoms with Crippen LogP contribution in [0.15, 0.2) is 0 Å². The van der Waals surface area contributed by atoms with Crippen LogP contribution >= 0.6 is 0 Å². The van der Waals surface area contributed by atoms with Crippen LogP contribution in [-0.2, 0) is 9.47 Å². The van der Waals surface area contributed by atoms with E-state index in [-0.39, 0.29) is 5.60 Å². The SMILES string of the molecule is COC(C)(C)C[C@@H]1CO1. The van der Waals surface area contributed by atoms with Crippen molar-refractivity contribution in [3.8, 4) is 0 Å². The Morgan fingerprint density at radius 1 is 1.67 bits per heavy atom. The van der Waals surface area contributed by atoms with Crippen LogP contribution in [0, 0.1) is 0 Å². The van der Waals surface area contributed by atoms with E-state index >= 15 is 0 Å². The van der Waals surface area contributed by atoms with Crippen LogP contribution in [0.4, 0.5) is 0 Å². The van der Waals surface area contributed by atoms with E-state index in [1.807, 2.05) is 0 Å². The summed E-state index contributed by atoms with van der Waals surface area (Å²) in [6.07, 6.45) is 1.49. The summed E-state index contributed by atoms with van der Waals surface area (Å²) in [5, 5.41) is 0. The molecule has 54 valence electrons. The summed E-state index contributed by atoms with van der Waals surface area (Å²) in [5.41, 5.74) is 0.00116. The summed E-state index contributed by atoms with van der Waals surface area (Å²) >= 11 is 0. The quantitative estimate of drug-likeness (QED) is 0.535. The monoisotopic (exact) mass is 130 g/mol. The summed E-state index contributed by atoms with van der Waals surface area (Å²) in [6, 6.07) is 0. The van der Waals surface area contributed by atoms with Crippen LogP contribution < -0.4 is 0 Å². The minimum atomic E-state index is 0.00116. The van der Waals surface area contributed by atoms with E-state index < -0.39 is 0 Å². The molecule has 0 aliphatic carbocycles. The Kier molecular flexibility index (Phi) is 1.78. The van der Waals surface area contributed by atoms with Gasteiger partial charge in [0.25, 0.3) is 0 Å². The fourth-order valence-electron chi connectivity index (χ4n) is 0.818. The van der Waals surface area contributed by atoms with Crippen LogP contribution in [0.3, 0.4) is 0 Å². The number of hydrogen-bond donors (Lipinski definition) is 0. The molecule has 2 heteroatoms. The molecule has 2 nitrogen and oxygen atoms in total. The largest absolute Gasteiger partial charge is 0.379 e. The van der Waals surface area contributed by atoms with Crippen molar-refractivity contribution in [3.05, 3.63) is 0 Å². The lowest BCUT2D eigenvalue weighted by atomic mass is 10.0. The molecule has 1 saturated heterocycles. The zero-order chi connectivity index (χ0) is 6.91. The Bertz CT molecular complexity index is 95.1. The van der Waals surface area contributed by atoms with Crippen LogP contribution in [0.2, 0.25) is 0 Å². The van der Waals surface area contributed by atoms with E-state index in [1.165, 1.54) is 0 Å². The van der Waals surface area contributed by atoms with Crippen LogP contribution in [0.5, 0.6) is 0 Å². The van der Waals surface area contributed by atoms with Gasteiger partial charge >= 0.3 is 0 Å². The average molecular weight is 130 g/mol. The first-order valence-corrected chi connectivity index (χ1v) is 3.31. The van der Waals surface area contributed by atoms with Gasteiger partial charge < -0.3 is 9.47 Å². The summed E-state index contributed by atoms with van der Waals surface area (Å²) in [5.74, 6) is 0. The van der Waals surface area contributed by atoms with Gasteiger partial charge in [-0.1, -0.05) is 0 Å². The van der Waals surface area contributed by atoms with Crippen molar-refractivity contribution in [2.24, 2.45) is 0 Å². The standard InChI is InChI=1S/C7H14O2/c1-7(2,8-3)4-6-5-9-6/h6H,4-5H2,1-3H3/t6-/m1/s1. The smallest absolute Gasteiger partial charge is 0.0837 e. The van der Waals surface area contributed by atoms with Crippen molar-refractivity contribution >= 4 is 0 Å². The average Bonchev–Trinajstić information content (AvgIpc) is 2.50. The molecule has 0 radical (unpaired) electrons. The third-order valence-electron chi connectivity index (χ3n) is 1.67. The van der Waals surface area contributed by atoms with E-state index in [1.54, 1.807) is 7.11 Å². The fourth-order valence-corrected chi connectivity index (χ4v) is 0.818. The molecule has 0 bridgehead atoms. The number of epoxide rings is 1. The van der Waals surface area contributed by atoms with E-state index in [0.717, 1.165) is 13.0 Å². The molecule has 0 aromatic rings. The second-order valence-corrected chi connectivity index (χ2v) is 3.12. The normalized spacial score (nSPS) is 26.3. The molecule has 0 saturated carbocycles. The molecule has 9 heavy (non-hydrogen) atoms. The lowest BCUT2D eigenvalue weighted by Gasteiger charge is -2.21. The van der Waals surface area contributed by atoms with Crippen molar-refractivity contribution in [2.75, 3.05) is 13.7 Å². The Labute approximate surface area is 56.2 Å². The molecule has 1 rings (SSSR count). The van der Waals surface area contributed by atoms with Crippen molar-refractivity contribution in [1.29, 1.82) is 0 Å². The highest BCUT2D eigenvalue weighted by atomic mass is 16.6. The minimum Gasteiger partial charge on any atom is -0.379 e. The summed E-state index contributed by atoms with van der Waals surface area (Å²) in [6.45, 7) is 5.08.